The van der Waals surface area contributed by atoms with Crippen LogP contribution >= 0.6 is 0 Å². The summed E-state index contributed by atoms with van der Waals surface area (Å²) in [6, 6.07) is 28.9. The van der Waals surface area contributed by atoms with Gasteiger partial charge in [-0.25, -0.2) is 0 Å². The van der Waals surface area contributed by atoms with E-state index >= 15 is 0 Å². The number of quaternary nitrogens is 1. The van der Waals surface area contributed by atoms with E-state index in [0.29, 0.717) is 0 Å². The molecule has 0 bridgehead atoms. The molecule has 31 heavy (non-hydrogen) atoms. The van der Waals surface area contributed by atoms with Gasteiger partial charge in [-0.2, -0.15) is 0 Å². The zero-order valence-electron chi connectivity index (χ0n) is 17.5. The maximum atomic E-state index is 9.23. The Bertz CT molecular complexity index is 1050. The van der Waals surface area contributed by atoms with Crippen molar-refractivity contribution in [3.63, 3.8) is 0 Å². The second-order valence-corrected chi connectivity index (χ2v) is 7.36. The van der Waals surface area contributed by atoms with Crippen LogP contribution in [-0.4, -0.2) is 36.2 Å². The molecule has 0 aliphatic carbocycles. The molecule has 2 aromatic heterocycles. The molecule has 0 amide bonds. The number of aromatic hydroxyl groups is 1. The van der Waals surface area contributed by atoms with Crippen LogP contribution in [0.25, 0.3) is 22.5 Å². The van der Waals surface area contributed by atoms with Crippen molar-refractivity contribution in [3.05, 3.63) is 97.3 Å². The maximum absolute atomic E-state index is 9.23. The number of hydrogen-bond donors (Lipinski definition) is 1. The van der Waals surface area contributed by atoms with Crippen molar-refractivity contribution in [3.8, 4) is 28.3 Å². The van der Waals surface area contributed by atoms with E-state index in [1.165, 1.54) is 5.69 Å². The van der Waals surface area contributed by atoms with Gasteiger partial charge in [-0.15, -0.1) is 47.5 Å². The summed E-state index contributed by atoms with van der Waals surface area (Å²) in [7, 11) is 6.45. The second-order valence-electron chi connectivity index (χ2n) is 7.36. The van der Waals surface area contributed by atoms with Crippen LogP contribution in [-0.2, 0) is 40.2 Å². The predicted octanol–water partition coefficient (Wildman–Crippen LogP) is 4.99. The molecule has 4 nitrogen and oxygen atoms in total. The van der Waals surface area contributed by atoms with Crippen molar-refractivity contribution in [2.24, 2.45) is 0 Å². The Balaban J connectivity index is 0.000000296. The minimum Gasteiger partial charge on any atom is -0.527 e. The molecule has 4 rings (SSSR count). The summed E-state index contributed by atoms with van der Waals surface area (Å²) in [4.78, 5) is 8.48. The number of hydrogen-bond acceptors (Lipinski definition) is 3. The van der Waals surface area contributed by atoms with E-state index in [0.717, 1.165) is 27.0 Å². The summed E-state index contributed by atoms with van der Waals surface area (Å²) >= 11 is 0. The smallest absolute Gasteiger partial charge is 0.0711 e. The van der Waals surface area contributed by atoms with Gasteiger partial charge in [0.2, 0.25) is 0 Å². The fourth-order valence-corrected chi connectivity index (χ4v) is 2.67. The number of aromatic nitrogens is 2. The van der Waals surface area contributed by atoms with Crippen LogP contribution in [0.15, 0.2) is 85.2 Å². The molecule has 2 aromatic carbocycles. The van der Waals surface area contributed by atoms with Crippen molar-refractivity contribution in [1.29, 1.82) is 0 Å². The van der Waals surface area contributed by atoms with E-state index < -0.39 is 0 Å². The molecular formula is C25H24Ir2N3O-. The van der Waals surface area contributed by atoms with Crippen molar-refractivity contribution in [1.82, 2.24) is 14.5 Å². The molecule has 0 saturated carbocycles. The van der Waals surface area contributed by atoms with Crippen LogP contribution in [0.2, 0.25) is 0 Å². The summed E-state index contributed by atoms with van der Waals surface area (Å²) in [5.41, 5.74) is 4.89. The molecule has 4 aromatic rings. The first kappa shape index (κ1) is 26.8. The topological polar surface area (TPSA) is 46.0 Å². The van der Waals surface area contributed by atoms with E-state index in [-0.39, 0.29) is 46.0 Å². The van der Waals surface area contributed by atoms with Crippen molar-refractivity contribution < 1.29 is 45.3 Å². The van der Waals surface area contributed by atoms with Crippen molar-refractivity contribution >= 4 is 5.69 Å². The maximum Gasteiger partial charge on any atom is 0.0711 e. The van der Waals surface area contributed by atoms with Crippen LogP contribution < -0.4 is 4.48 Å². The molecular weight excluding hydrogens is 743 g/mol. The first-order valence-corrected chi connectivity index (χ1v) is 9.31. The van der Waals surface area contributed by atoms with E-state index in [9.17, 15) is 5.11 Å². The van der Waals surface area contributed by atoms with Crippen LogP contribution in [0.4, 0.5) is 5.69 Å². The normalized spacial score (nSPS) is 10.0. The summed E-state index contributed by atoms with van der Waals surface area (Å²) in [5.74, 6) is 0.236. The Kier molecular flexibility index (Phi) is 10.9. The monoisotopic (exact) mass is 768 g/mol. The van der Waals surface area contributed by atoms with E-state index in [4.69, 9.17) is 0 Å². The van der Waals surface area contributed by atoms with Crippen LogP contribution in [0.3, 0.4) is 0 Å². The number of nitrogens with zero attached hydrogens (tertiary/aromatic N) is 3. The average Bonchev–Trinajstić information content (AvgIpc) is 2.75. The zero-order chi connectivity index (χ0) is 20.7. The van der Waals surface area contributed by atoms with Crippen molar-refractivity contribution in [2.45, 2.75) is 0 Å². The third-order valence-corrected chi connectivity index (χ3v) is 4.23. The summed E-state index contributed by atoms with van der Waals surface area (Å²) < 4.78 is 0.800. The molecule has 2 radical (unpaired) electrons. The van der Waals surface area contributed by atoms with Crippen LogP contribution in [0.5, 0.6) is 5.75 Å². The third-order valence-electron chi connectivity index (χ3n) is 4.23. The van der Waals surface area contributed by atoms with Gasteiger partial charge in [-0.3, -0.25) is 0 Å². The van der Waals surface area contributed by atoms with Gasteiger partial charge in [-0.1, -0.05) is 36.4 Å². The Hall–Kier alpha value is -2.20. The summed E-state index contributed by atoms with van der Waals surface area (Å²) in [5, 5.41) is 9.23. The van der Waals surface area contributed by atoms with Gasteiger partial charge in [0.05, 0.1) is 26.8 Å². The fourth-order valence-electron chi connectivity index (χ4n) is 2.67. The van der Waals surface area contributed by atoms with Gasteiger partial charge in [-0.05, 0) is 23.5 Å². The molecule has 0 unspecified atom stereocenters. The largest absolute Gasteiger partial charge is 0.527 e. The van der Waals surface area contributed by atoms with Crippen LogP contribution in [0, 0.1) is 12.1 Å². The SMILES string of the molecule is C[N+](C)(C)c1cc[c-]c(-c2ccccn2)c1.Oc1cc[c-]c(-c2ccccn2)c1.[Ir].[Ir]. The number of rotatable bonds is 3. The summed E-state index contributed by atoms with van der Waals surface area (Å²) in [6.45, 7) is 0. The number of phenolic OH excluding ortho intramolecular Hbond substituents is 1. The molecule has 1 N–H and O–H groups in total. The third kappa shape index (κ3) is 8.10. The molecule has 0 aliphatic rings. The van der Waals surface area contributed by atoms with E-state index in [1.54, 1.807) is 24.4 Å². The van der Waals surface area contributed by atoms with Gasteiger partial charge in [0, 0.05) is 58.4 Å². The molecule has 2 heterocycles. The van der Waals surface area contributed by atoms with Gasteiger partial charge in [0.25, 0.3) is 0 Å². The minimum absolute atomic E-state index is 0. The Labute approximate surface area is 211 Å². The average molecular weight is 767 g/mol. The molecule has 0 aliphatic heterocycles. The van der Waals surface area contributed by atoms with Gasteiger partial charge < -0.3 is 19.6 Å². The molecule has 164 valence electrons. The Morgan fingerprint density at radius 2 is 1.23 bits per heavy atom. The zero-order valence-corrected chi connectivity index (χ0v) is 22.3. The first-order chi connectivity index (χ1) is 13.9. The fraction of sp³-hybridized carbons (Fsp3) is 0.120. The number of pyridine rings is 2. The molecule has 0 fully saturated rings. The van der Waals surface area contributed by atoms with Crippen LogP contribution in [0.1, 0.15) is 0 Å². The number of phenols is 1. The molecule has 0 saturated heterocycles. The predicted molar refractivity (Wildman–Crippen MR) is 118 cm³/mol. The Morgan fingerprint density at radius 3 is 1.68 bits per heavy atom. The molecule has 0 spiro atoms. The molecule has 0 atom stereocenters. The van der Waals surface area contributed by atoms with Gasteiger partial charge >= 0.3 is 0 Å². The van der Waals surface area contributed by atoms with Gasteiger partial charge in [0.15, 0.2) is 0 Å². The molecule has 6 heteroatoms. The number of benzene rings is 2. The standard InChI is InChI=1S/C14H16N2.C11H8NO.2Ir/c1-16(2,3)13-8-6-7-12(11-13)14-9-4-5-10-15-14;13-10-5-3-4-9(8-10)11-6-1-2-7-12-11;;/h4-6,8-11H,1-3H3;1-3,5-8,13H;;/q;-1;;. The van der Waals surface area contributed by atoms with E-state index in [2.05, 4.69) is 55.4 Å². The first-order valence-electron chi connectivity index (χ1n) is 9.31. The second kappa shape index (κ2) is 12.6. The van der Waals surface area contributed by atoms with Crippen molar-refractivity contribution in [2.75, 3.05) is 21.1 Å². The summed E-state index contributed by atoms with van der Waals surface area (Å²) in [6.07, 6.45) is 3.52. The Morgan fingerprint density at radius 1 is 0.710 bits per heavy atom. The van der Waals surface area contributed by atoms with Gasteiger partial charge in [0.1, 0.15) is 0 Å². The van der Waals surface area contributed by atoms with E-state index in [1.807, 2.05) is 48.7 Å². The quantitative estimate of drug-likeness (QED) is 0.236. The minimum atomic E-state index is 0.